The maximum Gasteiger partial charge on any atom is 0.303 e. The molecular formula is C14H24O3. The molecule has 0 aliphatic rings. The van der Waals surface area contributed by atoms with Crippen LogP contribution in [-0.4, -0.2) is 11.1 Å². The van der Waals surface area contributed by atoms with Crippen molar-refractivity contribution in [1.29, 1.82) is 0 Å². The van der Waals surface area contributed by atoms with Crippen molar-refractivity contribution in [2.75, 3.05) is 0 Å². The zero-order valence-electron chi connectivity index (χ0n) is 10.7. The second-order valence-corrected chi connectivity index (χ2v) is 4.06. The maximum atomic E-state index is 10.1. The minimum absolute atomic E-state index is 0.341. The van der Waals surface area contributed by atoms with E-state index in [1.165, 1.54) is 32.1 Å². The maximum absolute atomic E-state index is 10.1. The summed E-state index contributed by atoms with van der Waals surface area (Å²) in [4.78, 5) is 10.1. The van der Waals surface area contributed by atoms with E-state index in [2.05, 4.69) is 11.3 Å². The first-order valence-corrected chi connectivity index (χ1v) is 6.46. The summed E-state index contributed by atoms with van der Waals surface area (Å²) < 4.78 is 4.58. The van der Waals surface area contributed by atoms with Gasteiger partial charge < -0.3 is 9.52 Å². The Hall–Kier alpha value is -1.25. The minimum atomic E-state index is -0.663. The third-order valence-corrected chi connectivity index (χ3v) is 2.42. The summed E-state index contributed by atoms with van der Waals surface area (Å²) in [5, 5.41) is 8.35. The Labute approximate surface area is 104 Å². The van der Waals surface area contributed by atoms with Crippen molar-refractivity contribution >= 4 is 5.97 Å². The van der Waals surface area contributed by atoms with Gasteiger partial charge in [-0.15, -0.1) is 0 Å². The molecule has 3 nitrogen and oxygen atoms in total. The van der Waals surface area contributed by atoms with Gasteiger partial charge in [0.25, 0.3) is 0 Å². The van der Waals surface area contributed by atoms with Crippen LogP contribution in [0.2, 0.25) is 0 Å². The molecule has 0 amide bonds. The topological polar surface area (TPSA) is 50.4 Å². The molecule has 98 valence electrons. The third kappa shape index (κ3) is 14.8. The largest absolute Gasteiger partial charge is 0.481 e. The summed E-state index contributed by atoms with van der Waals surface area (Å²) in [5.41, 5.74) is 0. The van der Waals surface area contributed by atoms with Gasteiger partial charge in [0.2, 0.25) is 0 Å². The van der Waals surface area contributed by atoms with E-state index >= 15 is 0 Å². The molecular weight excluding hydrogens is 216 g/mol. The zero-order valence-corrected chi connectivity index (χ0v) is 10.7. The fourth-order valence-corrected chi connectivity index (χ4v) is 1.46. The van der Waals surface area contributed by atoms with Crippen molar-refractivity contribution in [1.82, 2.24) is 0 Å². The molecule has 0 bridgehead atoms. The van der Waals surface area contributed by atoms with Crippen LogP contribution in [0.5, 0.6) is 0 Å². The quantitative estimate of drug-likeness (QED) is 0.681. The normalized spacial score (nSPS) is 9.47. The Balaban J connectivity index is 0.000000419. The van der Waals surface area contributed by atoms with Crippen molar-refractivity contribution in [3.63, 3.8) is 0 Å². The molecule has 0 spiro atoms. The highest BCUT2D eigenvalue weighted by Crippen LogP contribution is 2.07. The molecule has 3 heteroatoms. The summed E-state index contributed by atoms with van der Waals surface area (Å²) in [7, 11) is 0. The molecule has 0 saturated heterocycles. The molecule has 17 heavy (non-hydrogen) atoms. The highest BCUT2D eigenvalue weighted by atomic mass is 16.4. The molecule has 0 aromatic carbocycles. The van der Waals surface area contributed by atoms with Crippen LogP contribution in [-0.2, 0) is 4.79 Å². The number of carboxylic acid groups (broad SMARTS) is 1. The number of hydrogen-bond acceptors (Lipinski definition) is 2. The molecule has 0 saturated carbocycles. The lowest BCUT2D eigenvalue weighted by Gasteiger charge is -1.98. The van der Waals surface area contributed by atoms with Crippen LogP contribution in [0.25, 0.3) is 0 Å². The second kappa shape index (κ2) is 12.8. The number of carboxylic acids is 1. The van der Waals surface area contributed by atoms with E-state index < -0.39 is 5.97 Å². The Morgan fingerprint density at radius 1 is 1.00 bits per heavy atom. The van der Waals surface area contributed by atoms with Crippen LogP contribution >= 0.6 is 0 Å². The average Bonchev–Trinajstić information content (AvgIpc) is 2.86. The van der Waals surface area contributed by atoms with Gasteiger partial charge in [-0.2, -0.15) is 0 Å². The van der Waals surface area contributed by atoms with Gasteiger partial charge in [-0.3, -0.25) is 4.79 Å². The number of carbonyl (C=O) groups is 1. The first-order chi connectivity index (χ1) is 8.27. The van der Waals surface area contributed by atoms with Crippen LogP contribution in [0.1, 0.15) is 58.3 Å². The molecule has 0 fully saturated rings. The second-order valence-electron chi connectivity index (χ2n) is 4.06. The van der Waals surface area contributed by atoms with Gasteiger partial charge in [-0.1, -0.05) is 45.4 Å². The van der Waals surface area contributed by atoms with Gasteiger partial charge in [-0.05, 0) is 18.6 Å². The molecule has 0 atom stereocenters. The zero-order chi connectivity index (χ0) is 12.8. The van der Waals surface area contributed by atoms with E-state index in [1.54, 1.807) is 12.5 Å². The lowest BCUT2D eigenvalue weighted by molar-refractivity contribution is -0.137. The Bertz CT molecular complexity index is 225. The summed E-state index contributed by atoms with van der Waals surface area (Å²) in [6.07, 6.45) is 11.9. The highest BCUT2D eigenvalue weighted by Gasteiger charge is 1.95. The molecule has 1 aromatic rings. The first-order valence-electron chi connectivity index (χ1n) is 6.46. The third-order valence-electron chi connectivity index (χ3n) is 2.42. The average molecular weight is 240 g/mol. The van der Waals surface area contributed by atoms with E-state index in [4.69, 9.17) is 5.11 Å². The fourth-order valence-electron chi connectivity index (χ4n) is 1.46. The predicted molar refractivity (Wildman–Crippen MR) is 69.0 cm³/mol. The van der Waals surface area contributed by atoms with Crippen LogP contribution in [0.15, 0.2) is 29.1 Å². The fraction of sp³-hybridized carbons (Fsp3) is 0.643. The SMILES string of the molecule is CCCCCCCCCC(=O)O.c1ccoc1. The molecule has 0 aliphatic heterocycles. The van der Waals surface area contributed by atoms with Crippen LogP contribution < -0.4 is 0 Å². The van der Waals surface area contributed by atoms with E-state index in [1.807, 2.05) is 12.1 Å². The standard InChI is InChI=1S/C10H20O2.C4H4O/c1-2-3-4-5-6-7-8-9-10(11)12;1-2-4-5-3-1/h2-9H2,1H3,(H,11,12);1-4H. The molecule has 1 rings (SSSR count). The lowest BCUT2D eigenvalue weighted by atomic mass is 10.1. The minimum Gasteiger partial charge on any atom is -0.481 e. The van der Waals surface area contributed by atoms with Crippen molar-refractivity contribution in [2.24, 2.45) is 0 Å². The number of hydrogen-bond donors (Lipinski definition) is 1. The summed E-state index contributed by atoms with van der Waals surface area (Å²) in [6, 6.07) is 3.67. The Kier molecular flexibility index (Phi) is 11.9. The predicted octanol–water partition coefficient (Wildman–Crippen LogP) is 4.49. The van der Waals surface area contributed by atoms with Gasteiger partial charge >= 0.3 is 5.97 Å². The van der Waals surface area contributed by atoms with E-state index in [0.717, 1.165) is 12.8 Å². The molecule has 0 unspecified atom stereocenters. The summed E-state index contributed by atoms with van der Waals surface area (Å²) in [5.74, 6) is -0.663. The summed E-state index contributed by atoms with van der Waals surface area (Å²) >= 11 is 0. The molecule has 1 N–H and O–H groups in total. The van der Waals surface area contributed by atoms with Crippen molar-refractivity contribution in [3.8, 4) is 0 Å². The first kappa shape index (κ1) is 15.8. The molecule has 1 heterocycles. The Morgan fingerprint density at radius 3 is 1.94 bits per heavy atom. The van der Waals surface area contributed by atoms with Gasteiger partial charge in [0.15, 0.2) is 0 Å². The van der Waals surface area contributed by atoms with Crippen molar-refractivity contribution < 1.29 is 14.3 Å². The van der Waals surface area contributed by atoms with Crippen LogP contribution in [0.4, 0.5) is 0 Å². The van der Waals surface area contributed by atoms with Crippen molar-refractivity contribution in [3.05, 3.63) is 24.7 Å². The van der Waals surface area contributed by atoms with Gasteiger partial charge in [0.1, 0.15) is 0 Å². The highest BCUT2D eigenvalue weighted by molar-refractivity contribution is 5.66. The van der Waals surface area contributed by atoms with Crippen LogP contribution in [0.3, 0.4) is 0 Å². The number of unbranched alkanes of at least 4 members (excludes halogenated alkanes) is 6. The number of rotatable bonds is 8. The van der Waals surface area contributed by atoms with Crippen LogP contribution in [0, 0.1) is 0 Å². The smallest absolute Gasteiger partial charge is 0.303 e. The monoisotopic (exact) mass is 240 g/mol. The summed E-state index contributed by atoms with van der Waals surface area (Å²) in [6.45, 7) is 2.20. The van der Waals surface area contributed by atoms with E-state index in [-0.39, 0.29) is 0 Å². The van der Waals surface area contributed by atoms with Crippen molar-refractivity contribution in [2.45, 2.75) is 58.3 Å². The number of furan rings is 1. The molecule has 0 radical (unpaired) electrons. The number of aliphatic carboxylic acids is 1. The van der Waals surface area contributed by atoms with E-state index in [9.17, 15) is 4.79 Å². The molecule has 0 aliphatic carbocycles. The van der Waals surface area contributed by atoms with Gasteiger partial charge in [0.05, 0.1) is 12.5 Å². The van der Waals surface area contributed by atoms with E-state index in [0.29, 0.717) is 6.42 Å². The van der Waals surface area contributed by atoms with Gasteiger partial charge in [-0.25, -0.2) is 0 Å². The van der Waals surface area contributed by atoms with Gasteiger partial charge in [0, 0.05) is 6.42 Å². The Morgan fingerprint density at radius 2 is 1.53 bits per heavy atom. The molecule has 1 aromatic heterocycles. The lowest BCUT2D eigenvalue weighted by Crippen LogP contribution is -1.93.